The Morgan fingerprint density at radius 3 is 2.06 bits per heavy atom. The summed E-state index contributed by atoms with van der Waals surface area (Å²) in [5.41, 5.74) is 5.30. The molecule has 5 N–H and O–H groups in total. The quantitative estimate of drug-likeness (QED) is 0.456. The van der Waals surface area contributed by atoms with E-state index in [4.69, 9.17) is 10.8 Å². The maximum Gasteiger partial charge on any atom is 0.325 e. The standard InChI is InChI=1S/C9H17N3O4/c1-4(10)7(13)11-5(2)8(14)12-6(3)9(15)16/h4-6H,10H2,1-3H3,(H,11,13)(H,12,14)(H,15,16)/t4-,5-,6-/m0/s1/i14+1. The average molecular weight is 232 g/mol. The second-order valence-electron chi connectivity index (χ2n) is 3.59. The number of nitrogens with one attached hydrogen (secondary N) is 2. The first-order valence-electron chi connectivity index (χ1n) is 4.84. The Morgan fingerprint density at radius 2 is 1.69 bits per heavy atom. The summed E-state index contributed by atoms with van der Waals surface area (Å²) in [6.45, 7) is 4.27. The van der Waals surface area contributed by atoms with E-state index in [1.165, 1.54) is 20.8 Å². The molecule has 0 aromatic carbocycles. The smallest absolute Gasteiger partial charge is 0.325 e. The van der Waals surface area contributed by atoms with Crippen LogP contribution < -0.4 is 16.4 Å². The molecule has 0 fully saturated rings. The van der Waals surface area contributed by atoms with Crippen LogP contribution in [0, 0.1) is 0 Å². The average Bonchev–Trinajstić information content (AvgIpc) is 2.16. The lowest BCUT2D eigenvalue weighted by atomic mass is 10.2. The van der Waals surface area contributed by atoms with Gasteiger partial charge >= 0.3 is 5.97 Å². The lowest BCUT2D eigenvalue weighted by Crippen LogP contribution is -2.52. The molecule has 0 bridgehead atoms. The minimum absolute atomic E-state index is 0.467. The van der Waals surface area contributed by atoms with Crippen molar-refractivity contribution >= 4 is 17.8 Å². The molecule has 0 unspecified atom stereocenters. The van der Waals surface area contributed by atoms with Crippen LogP contribution in [0.25, 0.3) is 0 Å². The van der Waals surface area contributed by atoms with Gasteiger partial charge in [-0.2, -0.15) is 0 Å². The molecular weight excluding hydrogens is 215 g/mol. The first kappa shape index (κ1) is 14.4. The van der Waals surface area contributed by atoms with E-state index in [2.05, 4.69) is 10.6 Å². The summed E-state index contributed by atoms with van der Waals surface area (Å²) < 4.78 is 0. The van der Waals surface area contributed by atoms with Crippen molar-refractivity contribution in [1.29, 1.82) is 0 Å². The van der Waals surface area contributed by atoms with Gasteiger partial charge in [0.1, 0.15) is 12.1 Å². The van der Waals surface area contributed by atoms with Gasteiger partial charge in [0.25, 0.3) is 0 Å². The van der Waals surface area contributed by atoms with E-state index in [9.17, 15) is 14.4 Å². The molecule has 0 aromatic rings. The molecule has 0 rings (SSSR count). The molecular formula is C9H17N3O4. The summed E-state index contributed by atoms with van der Waals surface area (Å²) in [7, 11) is 0. The van der Waals surface area contributed by atoms with Gasteiger partial charge in [0.05, 0.1) is 6.04 Å². The number of aliphatic carboxylic acids is 1. The van der Waals surface area contributed by atoms with Crippen LogP contribution in [-0.2, 0) is 14.4 Å². The fourth-order valence-electron chi connectivity index (χ4n) is 0.811. The maximum atomic E-state index is 11.4. The fourth-order valence-corrected chi connectivity index (χ4v) is 0.811. The number of carbonyl (C=O) groups is 3. The molecule has 0 saturated carbocycles. The van der Waals surface area contributed by atoms with E-state index in [1.54, 1.807) is 0 Å². The summed E-state index contributed by atoms with van der Waals surface area (Å²) in [5.74, 6) is -2.17. The molecule has 0 heterocycles. The monoisotopic (exact) mass is 232 g/mol. The maximum absolute atomic E-state index is 11.4. The van der Waals surface area contributed by atoms with E-state index in [0.717, 1.165) is 0 Å². The molecule has 2 amide bonds. The third-order valence-corrected chi connectivity index (χ3v) is 1.89. The lowest BCUT2D eigenvalue weighted by Gasteiger charge is -2.17. The van der Waals surface area contributed by atoms with Gasteiger partial charge in [0.2, 0.25) is 11.8 Å². The van der Waals surface area contributed by atoms with Gasteiger partial charge in [0.15, 0.2) is 0 Å². The first-order valence-corrected chi connectivity index (χ1v) is 4.84. The van der Waals surface area contributed by atoms with Gasteiger partial charge in [0, 0.05) is 0 Å². The molecule has 0 spiro atoms. The molecule has 3 atom stereocenters. The van der Waals surface area contributed by atoms with Crippen LogP contribution in [0.4, 0.5) is 0 Å². The molecule has 0 saturated heterocycles. The predicted molar refractivity (Wildman–Crippen MR) is 56.5 cm³/mol. The minimum atomic E-state index is -1.14. The van der Waals surface area contributed by atoms with Crippen LogP contribution in [0.15, 0.2) is 0 Å². The van der Waals surface area contributed by atoms with Gasteiger partial charge in [-0.05, 0) is 20.8 Å². The van der Waals surface area contributed by atoms with Gasteiger partial charge in [-0.3, -0.25) is 14.4 Å². The van der Waals surface area contributed by atoms with Crippen molar-refractivity contribution in [2.45, 2.75) is 38.9 Å². The van der Waals surface area contributed by atoms with E-state index < -0.39 is 35.9 Å². The second kappa shape index (κ2) is 6.06. The molecule has 0 radical (unpaired) electrons. The zero-order chi connectivity index (χ0) is 12.9. The van der Waals surface area contributed by atoms with Crippen LogP contribution in [0.2, 0.25) is 0 Å². The van der Waals surface area contributed by atoms with Crippen molar-refractivity contribution in [2.24, 2.45) is 5.73 Å². The number of nitrogens with two attached hydrogens (primary N) is 1. The van der Waals surface area contributed by atoms with Crippen molar-refractivity contribution in [3.63, 3.8) is 0 Å². The Hall–Kier alpha value is -1.63. The lowest BCUT2D eigenvalue weighted by molar-refractivity contribution is -0.141. The van der Waals surface area contributed by atoms with Crippen molar-refractivity contribution in [3.05, 3.63) is 0 Å². The zero-order valence-corrected chi connectivity index (χ0v) is 9.48. The highest BCUT2D eigenvalue weighted by Crippen LogP contribution is 1.88. The molecule has 16 heavy (non-hydrogen) atoms. The largest absolute Gasteiger partial charge is 0.480 e. The zero-order valence-electron chi connectivity index (χ0n) is 9.48. The summed E-state index contributed by atoms with van der Waals surface area (Å²) in [4.78, 5) is 33.0. The van der Waals surface area contributed by atoms with Crippen molar-refractivity contribution in [3.8, 4) is 0 Å². The molecule has 0 aliphatic carbocycles. The van der Waals surface area contributed by atoms with Gasteiger partial charge < -0.3 is 21.5 Å². The minimum Gasteiger partial charge on any atom is -0.480 e. The molecule has 7 nitrogen and oxygen atoms in total. The van der Waals surface area contributed by atoms with Crippen LogP contribution in [0.3, 0.4) is 0 Å². The van der Waals surface area contributed by atoms with E-state index in [0.29, 0.717) is 0 Å². The van der Waals surface area contributed by atoms with E-state index in [-0.39, 0.29) is 0 Å². The van der Waals surface area contributed by atoms with Crippen molar-refractivity contribution < 1.29 is 19.5 Å². The number of carbonyl (C=O) groups excluding carboxylic acids is 2. The Labute approximate surface area is 93.4 Å². The third-order valence-electron chi connectivity index (χ3n) is 1.89. The number of hydrogen-bond donors (Lipinski definition) is 4. The normalized spacial score (nSPS) is 15.8. The van der Waals surface area contributed by atoms with Crippen LogP contribution in [0.5, 0.6) is 0 Å². The van der Waals surface area contributed by atoms with Crippen molar-refractivity contribution in [2.75, 3.05) is 0 Å². The summed E-state index contributed by atoms with van der Waals surface area (Å²) >= 11 is 0. The van der Waals surface area contributed by atoms with Gasteiger partial charge in [-0.1, -0.05) is 0 Å². The molecule has 92 valence electrons. The molecule has 0 aromatic heterocycles. The van der Waals surface area contributed by atoms with Crippen LogP contribution in [0.1, 0.15) is 20.8 Å². The van der Waals surface area contributed by atoms with Crippen LogP contribution in [-0.4, -0.2) is 41.0 Å². The molecule has 0 aliphatic rings. The number of amides is 2. The Kier molecular flexibility index (Phi) is 5.44. The number of hydrogen-bond acceptors (Lipinski definition) is 4. The van der Waals surface area contributed by atoms with Gasteiger partial charge in [-0.15, -0.1) is 0 Å². The third kappa shape index (κ3) is 4.74. The fraction of sp³-hybridized carbons (Fsp3) is 0.667. The summed E-state index contributed by atoms with van der Waals surface area (Å²) in [6, 6.07) is -2.53. The highest BCUT2D eigenvalue weighted by atomic mass is 17.1. The first-order chi connectivity index (χ1) is 7.25. The van der Waals surface area contributed by atoms with Gasteiger partial charge in [-0.25, -0.2) is 0 Å². The van der Waals surface area contributed by atoms with E-state index in [1.807, 2.05) is 0 Å². The number of rotatable bonds is 5. The second-order valence-corrected chi connectivity index (χ2v) is 3.59. The Balaban J connectivity index is 4.19. The summed E-state index contributed by atoms with van der Waals surface area (Å²) in [5, 5.41) is 13.1. The predicted octanol–water partition coefficient (Wildman–Crippen LogP) is -1.57. The highest BCUT2D eigenvalue weighted by molar-refractivity contribution is 5.91. The molecule has 0 aliphatic heterocycles. The topological polar surface area (TPSA) is 122 Å². The number of carboxylic acids is 1. The summed E-state index contributed by atoms with van der Waals surface area (Å²) in [6.07, 6.45) is 0. The highest BCUT2D eigenvalue weighted by Gasteiger charge is 2.21. The van der Waals surface area contributed by atoms with E-state index >= 15 is 0 Å². The van der Waals surface area contributed by atoms with Crippen molar-refractivity contribution in [1.82, 2.24) is 10.6 Å². The Bertz CT molecular complexity index is 290. The number of carboxylic acid groups (broad SMARTS) is 1. The molecule has 7 heteroatoms. The Morgan fingerprint density at radius 1 is 1.19 bits per heavy atom. The SMILES string of the molecule is C[C@H](N)C(=O)N[C@@H](C)C(=[17O])N[C@@H](C)C(=O)O. The van der Waals surface area contributed by atoms with Crippen LogP contribution >= 0.6 is 0 Å².